The molecular formula is C8H16ClNO2. The molecule has 0 N–H and O–H groups in total. The van der Waals surface area contributed by atoms with Gasteiger partial charge in [-0.05, 0) is 6.92 Å². The third kappa shape index (κ3) is 6.19. The maximum atomic E-state index is 10.6. The SMILES string of the molecule is C=CC(=O)OC[N+](C)(C)CC.[Cl-]. The normalized spacial score (nSPS) is 9.92. The first-order valence-corrected chi connectivity index (χ1v) is 3.63. The van der Waals surface area contributed by atoms with Gasteiger partial charge in [0.1, 0.15) is 0 Å². The van der Waals surface area contributed by atoms with Gasteiger partial charge in [-0.15, -0.1) is 0 Å². The number of nitrogens with zero attached hydrogens (tertiary/aromatic N) is 1. The van der Waals surface area contributed by atoms with Crippen LogP contribution < -0.4 is 12.4 Å². The van der Waals surface area contributed by atoms with E-state index in [9.17, 15) is 4.79 Å². The number of carbonyl (C=O) groups excluding carboxylic acids is 1. The molecule has 0 spiro atoms. The van der Waals surface area contributed by atoms with Crippen LogP contribution in [0.4, 0.5) is 0 Å². The zero-order valence-corrected chi connectivity index (χ0v) is 8.60. The van der Waals surface area contributed by atoms with Crippen LogP contribution in [-0.4, -0.2) is 37.8 Å². The highest BCUT2D eigenvalue weighted by Crippen LogP contribution is 1.95. The lowest BCUT2D eigenvalue weighted by atomic mass is 10.5. The molecule has 0 saturated carbocycles. The van der Waals surface area contributed by atoms with Gasteiger partial charge in [-0.2, -0.15) is 0 Å². The first kappa shape index (κ1) is 14.0. The van der Waals surface area contributed by atoms with E-state index < -0.39 is 0 Å². The van der Waals surface area contributed by atoms with Gasteiger partial charge >= 0.3 is 5.97 Å². The molecule has 0 aliphatic heterocycles. The average molecular weight is 194 g/mol. The molecule has 0 heterocycles. The Morgan fingerprint density at radius 2 is 2.08 bits per heavy atom. The van der Waals surface area contributed by atoms with E-state index in [1.807, 2.05) is 21.0 Å². The second-order valence-corrected chi connectivity index (χ2v) is 3.05. The lowest BCUT2D eigenvalue weighted by Gasteiger charge is -2.26. The fourth-order valence-corrected chi connectivity index (χ4v) is 0.389. The van der Waals surface area contributed by atoms with E-state index in [2.05, 4.69) is 6.58 Å². The number of quaternary nitrogens is 1. The Kier molecular flexibility index (Phi) is 7.04. The summed E-state index contributed by atoms with van der Waals surface area (Å²) in [7, 11) is 3.99. The highest BCUT2D eigenvalue weighted by molar-refractivity contribution is 5.81. The second-order valence-electron chi connectivity index (χ2n) is 3.05. The fourth-order valence-electron chi connectivity index (χ4n) is 0.389. The van der Waals surface area contributed by atoms with Crippen molar-refractivity contribution in [2.75, 3.05) is 27.4 Å². The van der Waals surface area contributed by atoms with Gasteiger partial charge in [-0.25, -0.2) is 4.79 Å². The predicted octanol–water partition coefficient (Wildman–Crippen LogP) is -2.23. The van der Waals surface area contributed by atoms with E-state index in [0.717, 1.165) is 6.54 Å². The van der Waals surface area contributed by atoms with Crippen molar-refractivity contribution in [1.29, 1.82) is 0 Å². The molecule has 0 aliphatic rings. The molecular weight excluding hydrogens is 178 g/mol. The Hall–Kier alpha value is -0.540. The van der Waals surface area contributed by atoms with Gasteiger partial charge in [0.05, 0.1) is 20.6 Å². The molecule has 0 amide bonds. The van der Waals surface area contributed by atoms with Crippen LogP contribution in [0.15, 0.2) is 12.7 Å². The molecule has 0 aromatic heterocycles. The molecule has 0 fully saturated rings. The molecule has 3 nitrogen and oxygen atoms in total. The van der Waals surface area contributed by atoms with E-state index in [4.69, 9.17) is 4.74 Å². The molecule has 0 aromatic rings. The number of rotatable bonds is 4. The molecule has 12 heavy (non-hydrogen) atoms. The van der Waals surface area contributed by atoms with Crippen molar-refractivity contribution >= 4 is 5.97 Å². The molecule has 0 saturated heterocycles. The summed E-state index contributed by atoms with van der Waals surface area (Å²) < 4.78 is 5.54. The van der Waals surface area contributed by atoms with Crippen LogP contribution in [0.3, 0.4) is 0 Å². The van der Waals surface area contributed by atoms with E-state index in [1.54, 1.807) is 0 Å². The molecule has 0 aliphatic carbocycles. The Morgan fingerprint density at radius 1 is 1.58 bits per heavy atom. The molecule has 0 bridgehead atoms. The summed E-state index contributed by atoms with van der Waals surface area (Å²) in [5, 5.41) is 0. The monoisotopic (exact) mass is 193 g/mol. The van der Waals surface area contributed by atoms with Crippen LogP contribution in [-0.2, 0) is 9.53 Å². The maximum absolute atomic E-state index is 10.6. The zero-order valence-electron chi connectivity index (χ0n) is 7.84. The summed E-state index contributed by atoms with van der Waals surface area (Å²) in [5.41, 5.74) is 0. The van der Waals surface area contributed by atoms with Crippen LogP contribution >= 0.6 is 0 Å². The molecule has 72 valence electrons. The summed E-state index contributed by atoms with van der Waals surface area (Å²) in [4.78, 5) is 10.6. The van der Waals surface area contributed by atoms with Crippen LogP contribution in [0.2, 0.25) is 0 Å². The molecule has 0 unspecified atom stereocenters. The smallest absolute Gasteiger partial charge is 0.334 e. The maximum Gasteiger partial charge on any atom is 0.334 e. The van der Waals surface area contributed by atoms with Gasteiger partial charge in [-0.1, -0.05) is 6.58 Å². The summed E-state index contributed by atoms with van der Waals surface area (Å²) >= 11 is 0. The minimum atomic E-state index is -0.357. The highest BCUT2D eigenvalue weighted by Gasteiger charge is 2.12. The number of hydrogen-bond acceptors (Lipinski definition) is 2. The van der Waals surface area contributed by atoms with Crippen LogP contribution in [0, 0.1) is 0 Å². The van der Waals surface area contributed by atoms with Crippen LogP contribution in [0.1, 0.15) is 6.92 Å². The summed E-state index contributed by atoms with van der Waals surface area (Å²) in [6.45, 7) is 6.69. The lowest BCUT2D eigenvalue weighted by Crippen LogP contribution is -3.00. The van der Waals surface area contributed by atoms with Gasteiger partial charge in [0.25, 0.3) is 0 Å². The second kappa shape index (κ2) is 6.03. The van der Waals surface area contributed by atoms with Crippen molar-refractivity contribution in [2.24, 2.45) is 0 Å². The third-order valence-corrected chi connectivity index (χ3v) is 1.58. The minimum Gasteiger partial charge on any atom is -1.00 e. The fraction of sp³-hybridized carbons (Fsp3) is 0.625. The molecule has 4 heteroatoms. The molecule has 0 radical (unpaired) electrons. The quantitative estimate of drug-likeness (QED) is 0.219. The van der Waals surface area contributed by atoms with Crippen molar-refractivity contribution < 1.29 is 26.4 Å². The Balaban J connectivity index is 0. The van der Waals surface area contributed by atoms with Crippen molar-refractivity contribution in [3.8, 4) is 0 Å². The average Bonchev–Trinajstić information content (AvgIpc) is 2.00. The number of halogens is 1. The molecule has 0 rings (SSSR count). The van der Waals surface area contributed by atoms with Gasteiger partial charge in [-0.3, -0.25) is 4.48 Å². The van der Waals surface area contributed by atoms with Gasteiger partial charge in [0, 0.05) is 6.08 Å². The molecule has 0 aromatic carbocycles. The van der Waals surface area contributed by atoms with E-state index in [0.29, 0.717) is 11.2 Å². The van der Waals surface area contributed by atoms with Gasteiger partial charge in [0.2, 0.25) is 6.73 Å². The first-order chi connectivity index (χ1) is 5.02. The molecule has 0 atom stereocenters. The number of hydrogen-bond donors (Lipinski definition) is 0. The number of carbonyl (C=O) groups is 1. The summed E-state index contributed by atoms with van der Waals surface area (Å²) in [5.74, 6) is -0.357. The first-order valence-electron chi connectivity index (χ1n) is 3.63. The van der Waals surface area contributed by atoms with Crippen molar-refractivity contribution in [3.05, 3.63) is 12.7 Å². The van der Waals surface area contributed by atoms with E-state index >= 15 is 0 Å². The van der Waals surface area contributed by atoms with Crippen LogP contribution in [0.5, 0.6) is 0 Å². The Morgan fingerprint density at radius 3 is 2.42 bits per heavy atom. The third-order valence-electron chi connectivity index (χ3n) is 1.58. The Bertz CT molecular complexity index is 157. The van der Waals surface area contributed by atoms with Gasteiger partial charge < -0.3 is 17.1 Å². The predicted molar refractivity (Wildman–Crippen MR) is 43.8 cm³/mol. The largest absolute Gasteiger partial charge is 1.00 e. The van der Waals surface area contributed by atoms with Crippen molar-refractivity contribution in [1.82, 2.24) is 0 Å². The summed E-state index contributed by atoms with van der Waals surface area (Å²) in [6.07, 6.45) is 1.18. The van der Waals surface area contributed by atoms with Crippen molar-refractivity contribution in [3.63, 3.8) is 0 Å². The number of ether oxygens (including phenoxy) is 1. The number of esters is 1. The van der Waals surface area contributed by atoms with E-state index in [1.165, 1.54) is 6.08 Å². The lowest BCUT2D eigenvalue weighted by molar-refractivity contribution is -0.905. The van der Waals surface area contributed by atoms with E-state index in [-0.39, 0.29) is 18.4 Å². The van der Waals surface area contributed by atoms with Crippen molar-refractivity contribution in [2.45, 2.75) is 6.92 Å². The summed E-state index contributed by atoms with van der Waals surface area (Å²) in [6, 6.07) is 0. The Labute approximate surface area is 80.0 Å². The van der Waals surface area contributed by atoms with Crippen LogP contribution in [0.25, 0.3) is 0 Å². The van der Waals surface area contributed by atoms with Gasteiger partial charge in [0.15, 0.2) is 0 Å². The minimum absolute atomic E-state index is 0. The standard InChI is InChI=1S/C8H16NO2.ClH/c1-5-8(10)11-7-9(3,4)6-2;/h5H,1,6-7H2,2-4H3;1H/q+1;/p-1. The highest BCUT2D eigenvalue weighted by atomic mass is 35.5. The zero-order chi connectivity index (χ0) is 8.91. The topological polar surface area (TPSA) is 26.3 Å².